The Kier molecular flexibility index (Phi) is 5.02. The van der Waals surface area contributed by atoms with Crippen LogP contribution in [-0.2, 0) is 6.54 Å². The molecule has 1 aliphatic rings. The van der Waals surface area contributed by atoms with Gasteiger partial charge in [0.15, 0.2) is 0 Å². The number of anilines is 3. The molecule has 28 heavy (non-hydrogen) atoms. The largest absolute Gasteiger partial charge is 0.334 e. The molecule has 4 nitrogen and oxygen atoms in total. The second-order valence-corrected chi connectivity index (χ2v) is 7.45. The Balaban J connectivity index is 1.96. The van der Waals surface area contributed by atoms with Crippen LogP contribution in [-0.4, -0.2) is 12.3 Å². The fourth-order valence-electron chi connectivity index (χ4n) is 3.24. The highest BCUT2D eigenvalue weighted by atomic mass is 35.5. The number of fused-ring (bicyclic) bond motifs is 1. The number of para-hydroxylation sites is 2. The van der Waals surface area contributed by atoms with Gasteiger partial charge in [-0.2, -0.15) is 0 Å². The number of halogens is 3. The van der Waals surface area contributed by atoms with Crippen LogP contribution in [0.1, 0.15) is 15.9 Å². The summed E-state index contributed by atoms with van der Waals surface area (Å²) in [4.78, 5) is 27.8. The van der Waals surface area contributed by atoms with Gasteiger partial charge in [0.1, 0.15) is 6.29 Å². The maximum absolute atomic E-state index is 13.5. The number of hydrogen-bond donors (Lipinski definition) is 0. The Morgan fingerprint density at radius 1 is 0.821 bits per heavy atom. The van der Waals surface area contributed by atoms with Gasteiger partial charge in [0.05, 0.1) is 38.7 Å². The van der Waals surface area contributed by atoms with Crippen molar-refractivity contribution < 1.29 is 9.59 Å². The number of benzene rings is 3. The highest BCUT2D eigenvalue weighted by Gasteiger charge is 2.35. The normalized spacial score (nSPS) is 13.5. The van der Waals surface area contributed by atoms with Gasteiger partial charge < -0.3 is 0 Å². The van der Waals surface area contributed by atoms with E-state index in [9.17, 15) is 9.59 Å². The molecule has 0 bridgehead atoms. The van der Waals surface area contributed by atoms with Gasteiger partial charge >= 0.3 is 6.03 Å². The van der Waals surface area contributed by atoms with E-state index in [-0.39, 0.29) is 6.03 Å². The second kappa shape index (κ2) is 7.47. The van der Waals surface area contributed by atoms with Crippen LogP contribution < -0.4 is 9.80 Å². The summed E-state index contributed by atoms with van der Waals surface area (Å²) in [7, 11) is 0. The molecule has 0 radical (unpaired) electrons. The molecule has 140 valence electrons. The summed E-state index contributed by atoms with van der Waals surface area (Å²) in [5, 5.41) is 1.10. The van der Waals surface area contributed by atoms with E-state index < -0.39 is 0 Å². The Bertz CT molecular complexity index is 1080. The third-order valence-electron chi connectivity index (χ3n) is 4.54. The van der Waals surface area contributed by atoms with Crippen molar-refractivity contribution in [1.29, 1.82) is 0 Å². The standard InChI is InChI=1S/C21H13Cl3N2O2/c22-15-4-1-2-7-18(15)25-11-14-9-8-13(12-27)10-19(14)26(21(25)28)20-16(23)5-3-6-17(20)24/h1-10,12H,11H2. The van der Waals surface area contributed by atoms with Gasteiger partial charge in [-0.25, -0.2) is 4.79 Å². The van der Waals surface area contributed by atoms with E-state index in [1.165, 1.54) is 4.90 Å². The van der Waals surface area contributed by atoms with E-state index in [1.54, 1.807) is 53.4 Å². The van der Waals surface area contributed by atoms with Crippen molar-refractivity contribution in [3.63, 3.8) is 0 Å². The van der Waals surface area contributed by atoms with Gasteiger partial charge in [0.2, 0.25) is 0 Å². The third kappa shape index (κ3) is 3.14. The monoisotopic (exact) mass is 430 g/mol. The summed E-state index contributed by atoms with van der Waals surface area (Å²) in [6.07, 6.45) is 0.734. The first kappa shape index (κ1) is 18.8. The Labute approximate surface area is 176 Å². The van der Waals surface area contributed by atoms with Crippen molar-refractivity contribution in [3.8, 4) is 0 Å². The molecule has 1 heterocycles. The summed E-state index contributed by atoms with van der Waals surface area (Å²) >= 11 is 19.1. The molecule has 0 spiro atoms. The lowest BCUT2D eigenvalue weighted by Crippen LogP contribution is -2.45. The van der Waals surface area contributed by atoms with Crippen LogP contribution in [0.25, 0.3) is 0 Å². The van der Waals surface area contributed by atoms with Crippen molar-refractivity contribution in [2.75, 3.05) is 9.80 Å². The van der Waals surface area contributed by atoms with Crippen LogP contribution in [0.4, 0.5) is 21.9 Å². The Morgan fingerprint density at radius 3 is 2.18 bits per heavy atom. The van der Waals surface area contributed by atoms with Gasteiger partial charge in [-0.1, -0.05) is 65.1 Å². The van der Waals surface area contributed by atoms with E-state index in [4.69, 9.17) is 34.8 Å². The van der Waals surface area contributed by atoms with Crippen LogP contribution in [0.5, 0.6) is 0 Å². The number of urea groups is 1. The molecule has 0 aromatic heterocycles. The molecule has 3 aromatic rings. The quantitative estimate of drug-likeness (QED) is 0.431. The number of aldehydes is 1. The molecule has 0 saturated carbocycles. The van der Waals surface area contributed by atoms with Crippen LogP contribution in [0.15, 0.2) is 60.7 Å². The molecule has 0 fully saturated rings. The number of rotatable bonds is 3. The van der Waals surface area contributed by atoms with Gasteiger partial charge in [-0.15, -0.1) is 0 Å². The van der Waals surface area contributed by atoms with Crippen molar-refractivity contribution in [2.45, 2.75) is 6.54 Å². The smallest absolute Gasteiger partial charge is 0.298 e. The summed E-state index contributed by atoms with van der Waals surface area (Å²) in [5.41, 5.74) is 2.78. The first-order valence-electron chi connectivity index (χ1n) is 8.39. The van der Waals surface area contributed by atoms with Crippen molar-refractivity contribution in [1.82, 2.24) is 0 Å². The zero-order valence-electron chi connectivity index (χ0n) is 14.4. The molecule has 0 unspecified atom stereocenters. The maximum Gasteiger partial charge on any atom is 0.334 e. The number of carbonyl (C=O) groups is 2. The van der Waals surface area contributed by atoms with Gasteiger partial charge in [0.25, 0.3) is 0 Å². The Hall–Kier alpha value is -2.53. The molecule has 0 saturated heterocycles. The lowest BCUT2D eigenvalue weighted by molar-refractivity contribution is 0.112. The molecule has 4 rings (SSSR count). The highest BCUT2D eigenvalue weighted by molar-refractivity contribution is 6.41. The predicted molar refractivity (Wildman–Crippen MR) is 113 cm³/mol. The minimum Gasteiger partial charge on any atom is -0.298 e. The lowest BCUT2D eigenvalue weighted by Gasteiger charge is -2.38. The molecule has 0 N–H and O–H groups in total. The van der Waals surface area contributed by atoms with E-state index in [0.717, 1.165) is 11.8 Å². The SMILES string of the molecule is O=Cc1ccc2c(c1)N(c1c(Cl)cccc1Cl)C(=O)N(c1ccccc1Cl)C2. The zero-order chi connectivity index (χ0) is 19.8. The average Bonchev–Trinajstić information content (AvgIpc) is 2.69. The summed E-state index contributed by atoms with van der Waals surface area (Å²) < 4.78 is 0. The zero-order valence-corrected chi connectivity index (χ0v) is 16.7. The van der Waals surface area contributed by atoms with Gasteiger partial charge in [-0.05, 0) is 35.9 Å². The molecule has 0 atom stereocenters. The van der Waals surface area contributed by atoms with Crippen LogP contribution in [0.2, 0.25) is 15.1 Å². The van der Waals surface area contributed by atoms with E-state index >= 15 is 0 Å². The number of hydrogen-bond acceptors (Lipinski definition) is 2. The number of carbonyl (C=O) groups excluding carboxylic acids is 2. The molecule has 3 aromatic carbocycles. The molecular formula is C21H13Cl3N2O2. The third-order valence-corrected chi connectivity index (χ3v) is 5.47. The van der Waals surface area contributed by atoms with Crippen molar-refractivity contribution in [3.05, 3.63) is 86.9 Å². The van der Waals surface area contributed by atoms with E-state index in [0.29, 0.717) is 44.2 Å². The second-order valence-electron chi connectivity index (χ2n) is 6.23. The van der Waals surface area contributed by atoms with Crippen molar-refractivity contribution in [2.24, 2.45) is 0 Å². The van der Waals surface area contributed by atoms with Crippen LogP contribution in [0, 0.1) is 0 Å². The first-order valence-corrected chi connectivity index (χ1v) is 9.53. The number of amides is 2. The highest BCUT2D eigenvalue weighted by Crippen LogP contribution is 2.44. The molecule has 7 heteroatoms. The fourth-order valence-corrected chi connectivity index (χ4v) is 4.04. The van der Waals surface area contributed by atoms with Gasteiger partial charge in [-0.3, -0.25) is 14.6 Å². The van der Waals surface area contributed by atoms with Crippen LogP contribution >= 0.6 is 34.8 Å². The predicted octanol–water partition coefficient (Wildman–Crippen LogP) is 6.74. The fraction of sp³-hybridized carbons (Fsp3) is 0.0476. The van der Waals surface area contributed by atoms with E-state index in [1.807, 2.05) is 12.1 Å². The minimum atomic E-state index is -0.362. The van der Waals surface area contributed by atoms with Crippen LogP contribution in [0.3, 0.4) is 0 Å². The Morgan fingerprint density at radius 2 is 1.50 bits per heavy atom. The van der Waals surface area contributed by atoms with Crippen molar-refractivity contribution >= 4 is 64.2 Å². The lowest BCUT2D eigenvalue weighted by atomic mass is 10.0. The maximum atomic E-state index is 13.5. The summed E-state index contributed by atoms with van der Waals surface area (Å²) in [6, 6.07) is 17.0. The number of nitrogens with zero attached hydrogens (tertiary/aromatic N) is 2. The topological polar surface area (TPSA) is 40.6 Å². The summed E-state index contributed by atoms with van der Waals surface area (Å²) in [6.45, 7) is 0.301. The average molecular weight is 432 g/mol. The molecule has 2 amide bonds. The first-order chi connectivity index (χ1) is 13.5. The van der Waals surface area contributed by atoms with Gasteiger partial charge in [0, 0.05) is 5.56 Å². The summed E-state index contributed by atoms with van der Waals surface area (Å²) in [5.74, 6) is 0. The minimum absolute atomic E-state index is 0.301. The van der Waals surface area contributed by atoms with E-state index in [2.05, 4.69) is 0 Å². The molecular weight excluding hydrogens is 419 g/mol. The molecule has 0 aliphatic carbocycles. The molecule has 1 aliphatic heterocycles.